The molecule has 1 fully saturated rings. The smallest absolute Gasteiger partial charge is 0.166 e. The highest BCUT2D eigenvalue weighted by Crippen LogP contribution is 2.36. The Bertz CT molecular complexity index is 1430. The van der Waals surface area contributed by atoms with E-state index < -0.39 is 18.0 Å². The van der Waals surface area contributed by atoms with E-state index in [1.807, 2.05) is 60.1 Å². The number of hydrogen-bond donors (Lipinski definition) is 1. The minimum absolute atomic E-state index is 0.218. The zero-order valence-electron chi connectivity index (χ0n) is 21.1. The second-order valence-electron chi connectivity index (χ2n) is 9.63. The molecule has 2 unspecified atom stereocenters. The van der Waals surface area contributed by atoms with Gasteiger partial charge in [0.1, 0.15) is 41.8 Å². The molecule has 1 saturated heterocycles. The van der Waals surface area contributed by atoms with Crippen LogP contribution < -0.4 is 4.74 Å². The lowest BCUT2D eigenvalue weighted by molar-refractivity contribution is -0.216. The maximum atomic E-state index is 10.4. The SMILES string of the molecule is CN(C)C=Nc1ncnc2c1ccn2C1C[C@H](OC(C)(C)O)C(COc2ccc3ccc(Cl)nc3c2)O1. The van der Waals surface area contributed by atoms with Gasteiger partial charge < -0.3 is 28.8 Å². The molecule has 5 rings (SSSR count). The lowest BCUT2D eigenvalue weighted by Crippen LogP contribution is -2.37. The first-order valence-corrected chi connectivity index (χ1v) is 12.3. The van der Waals surface area contributed by atoms with Gasteiger partial charge in [-0.3, -0.25) is 0 Å². The van der Waals surface area contributed by atoms with Gasteiger partial charge in [0, 0.05) is 38.2 Å². The third-order valence-corrected chi connectivity index (χ3v) is 6.08. The van der Waals surface area contributed by atoms with Crippen LogP contribution in [-0.4, -0.2) is 74.6 Å². The molecule has 11 heteroatoms. The highest BCUT2D eigenvalue weighted by atomic mass is 35.5. The molecule has 3 aromatic heterocycles. The first kappa shape index (κ1) is 25.3. The van der Waals surface area contributed by atoms with Crippen molar-refractivity contribution in [3.63, 3.8) is 0 Å². The lowest BCUT2D eigenvalue weighted by atomic mass is 10.1. The zero-order valence-corrected chi connectivity index (χ0v) is 21.8. The molecule has 4 aromatic rings. The van der Waals surface area contributed by atoms with Crippen LogP contribution in [-0.2, 0) is 9.47 Å². The number of benzene rings is 1. The second kappa shape index (κ2) is 10.2. The van der Waals surface area contributed by atoms with Crippen LogP contribution in [0.15, 0.2) is 53.9 Å². The largest absolute Gasteiger partial charge is 0.491 e. The molecule has 0 saturated carbocycles. The Morgan fingerprint density at radius 2 is 2.05 bits per heavy atom. The Kier molecular flexibility index (Phi) is 7.00. The van der Waals surface area contributed by atoms with Gasteiger partial charge in [-0.2, -0.15) is 0 Å². The minimum atomic E-state index is -1.33. The number of nitrogens with zero attached hydrogens (tertiary/aromatic N) is 6. The van der Waals surface area contributed by atoms with Gasteiger partial charge in [-0.05, 0) is 44.2 Å². The fraction of sp³-hybridized carbons (Fsp3) is 0.385. The van der Waals surface area contributed by atoms with Crippen molar-refractivity contribution in [2.45, 2.75) is 44.5 Å². The topological polar surface area (TPSA) is 107 Å². The average Bonchev–Trinajstić information content (AvgIpc) is 3.44. The van der Waals surface area contributed by atoms with Crippen molar-refractivity contribution in [2.24, 2.45) is 4.99 Å². The standard InChI is InChI=1S/C26H29ClN6O4/c1-26(2,34)37-20-12-23(33-10-9-18-24(30-15-32(3)4)28-14-29-25(18)33)36-21(20)13-35-17-7-5-16-6-8-22(27)31-19(16)11-17/h5-11,14-15,20-21,23,34H,12-13H2,1-4H3/t20-,21?,23?/m0/s1. The molecule has 1 aliphatic rings. The van der Waals surface area contributed by atoms with Crippen molar-refractivity contribution in [1.29, 1.82) is 0 Å². The van der Waals surface area contributed by atoms with Gasteiger partial charge in [-0.25, -0.2) is 19.9 Å². The molecule has 0 amide bonds. The highest BCUT2D eigenvalue weighted by molar-refractivity contribution is 6.29. The number of halogens is 1. The van der Waals surface area contributed by atoms with Crippen molar-refractivity contribution < 1.29 is 19.3 Å². The molecule has 1 N–H and O–H groups in total. The van der Waals surface area contributed by atoms with Crippen LogP contribution in [0.25, 0.3) is 21.9 Å². The number of rotatable bonds is 8. The molecule has 0 bridgehead atoms. The Morgan fingerprint density at radius 1 is 1.24 bits per heavy atom. The third kappa shape index (κ3) is 5.83. The van der Waals surface area contributed by atoms with Crippen molar-refractivity contribution in [3.05, 3.63) is 54.1 Å². The quantitative estimate of drug-likeness (QED) is 0.157. The van der Waals surface area contributed by atoms with E-state index in [2.05, 4.69) is 19.9 Å². The first-order chi connectivity index (χ1) is 17.7. The summed E-state index contributed by atoms with van der Waals surface area (Å²) in [5, 5.41) is 12.6. The van der Waals surface area contributed by atoms with Gasteiger partial charge in [-0.1, -0.05) is 11.6 Å². The van der Waals surface area contributed by atoms with Crippen LogP contribution in [0.5, 0.6) is 5.75 Å². The van der Waals surface area contributed by atoms with Gasteiger partial charge in [0.15, 0.2) is 11.6 Å². The lowest BCUT2D eigenvalue weighted by Gasteiger charge is -2.26. The van der Waals surface area contributed by atoms with Crippen LogP contribution in [0.3, 0.4) is 0 Å². The summed E-state index contributed by atoms with van der Waals surface area (Å²) in [6, 6.07) is 11.2. The van der Waals surface area contributed by atoms with Crippen LogP contribution >= 0.6 is 11.6 Å². The summed E-state index contributed by atoms with van der Waals surface area (Å²) in [6.45, 7) is 3.42. The molecule has 10 nitrogen and oxygen atoms in total. The summed E-state index contributed by atoms with van der Waals surface area (Å²) in [5.41, 5.74) is 1.44. The van der Waals surface area contributed by atoms with Gasteiger partial charge in [0.2, 0.25) is 0 Å². The fourth-order valence-corrected chi connectivity index (χ4v) is 4.47. The van der Waals surface area contributed by atoms with Crippen LogP contribution in [0.2, 0.25) is 5.15 Å². The summed E-state index contributed by atoms with van der Waals surface area (Å²) in [5.74, 6) is -0.122. The van der Waals surface area contributed by atoms with Crippen LogP contribution in [0, 0.1) is 0 Å². The second-order valence-corrected chi connectivity index (χ2v) is 10.0. The van der Waals surface area contributed by atoms with Gasteiger partial charge in [0.05, 0.1) is 23.3 Å². The summed E-state index contributed by atoms with van der Waals surface area (Å²) < 4.78 is 20.4. The maximum Gasteiger partial charge on any atom is 0.166 e. The molecule has 37 heavy (non-hydrogen) atoms. The van der Waals surface area contributed by atoms with Crippen molar-refractivity contribution >= 4 is 45.7 Å². The van der Waals surface area contributed by atoms with Crippen molar-refractivity contribution in [3.8, 4) is 5.75 Å². The molecule has 1 aliphatic heterocycles. The first-order valence-electron chi connectivity index (χ1n) is 11.9. The fourth-order valence-electron chi connectivity index (χ4n) is 4.32. The van der Waals surface area contributed by atoms with E-state index in [-0.39, 0.29) is 12.8 Å². The van der Waals surface area contributed by atoms with E-state index in [0.29, 0.717) is 28.8 Å². The number of aliphatic imine (C=N–C) groups is 1. The summed E-state index contributed by atoms with van der Waals surface area (Å²) in [6.07, 6.45) is 4.35. The zero-order chi connectivity index (χ0) is 26.2. The predicted molar refractivity (Wildman–Crippen MR) is 141 cm³/mol. The number of aliphatic hydroxyl groups is 1. The Hall–Kier alpha value is -3.31. The van der Waals surface area contributed by atoms with E-state index in [9.17, 15) is 5.11 Å². The minimum Gasteiger partial charge on any atom is -0.491 e. The Labute approximate surface area is 219 Å². The Balaban J connectivity index is 1.37. The molecule has 0 radical (unpaired) electrons. The number of pyridine rings is 1. The average molecular weight is 525 g/mol. The molecule has 0 spiro atoms. The van der Waals surface area contributed by atoms with E-state index >= 15 is 0 Å². The normalized spacial score (nSPS) is 20.3. The monoisotopic (exact) mass is 524 g/mol. The molecule has 3 atom stereocenters. The third-order valence-electron chi connectivity index (χ3n) is 5.87. The highest BCUT2D eigenvalue weighted by Gasteiger charge is 2.40. The molecular weight excluding hydrogens is 496 g/mol. The van der Waals surface area contributed by atoms with Crippen molar-refractivity contribution in [2.75, 3.05) is 20.7 Å². The number of fused-ring (bicyclic) bond motifs is 2. The molecule has 4 heterocycles. The van der Waals surface area contributed by atoms with E-state index in [1.54, 1.807) is 26.3 Å². The van der Waals surface area contributed by atoms with Gasteiger partial charge in [-0.15, -0.1) is 0 Å². The van der Waals surface area contributed by atoms with Crippen molar-refractivity contribution in [1.82, 2.24) is 24.4 Å². The summed E-state index contributed by atoms with van der Waals surface area (Å²) in [7, 11) is 3.79. The number of hydrogen-bond acceptors (Lipinski definition) is 8. The van der Waals surface area contributed by atoms with Crippen LogP contribution in [0.1, 0.15) is 26.5 Å². The van der Waals surface area contributed by atoms with Gasteiger partial charge >= 0.3 is 0 Å². The maximum absolute atomic E-state index is 10.4. The molecule has 1 aromatic carbocycles. The number of ether oxygens (including phenoxy) is 3. The molecular formula is C26H29ClN6O4. The van der Waals surface area contributed by atoms with E-state index in [4.69, 9.17) is 25.8 Å². The number of aromatic nitrogens is 4. The van der Waals surface area contributed by atoms with Crippen LogP contribution in [0.4, 0.5) is 5.82 Å². The summed E-state index contributed by atoms with van der Waals surface area (Å²) in [4.78, 5) is 19.4. The summed E-state index contributed by atoms with van der Waals surface area (Å²) >= 11 is 6.05. The Morgan fingerprint density at radius 3 is 2.84 bits per heavy atom. The van der Waals surface area contributed by atoms with Gasteiger partial charge in [0.25, 0.3) is 0 Å². The van der Waals surface area contributed by atoms with E-state index in [0.717, 1.165) is 16.3 Å². The van der Waals surface area contributed by atoms with E-state index in [1.165, 1.54) is 6.33 Å². The molecule has 0 aliphatic carbocycles. The molecule has 194 valence electrons. The predicted octanol–water partition coefficient (Wildman–Crippen LogP) is 4.33.